The summed E-state index contributed by atoms with van der Waals surface area (Å²) in [6, 6.07) is 16.7. The van der Waals surface area contributed by atoms with Gasteiger partial charge in [-0.25, -0.2) is 4.79 Å². The molecule has 0 aliphatic carbocycles. The first-order chi connectivity index (χ1) is 11.5. The molecule has 2 aromatic carbocycles. The molecule has 0 amide bonds. The Labute approximate surface area is 161 Å². The molecule has 3 N–H and O–H groups in total. The van der Waals surface area contributed by atoms with Crippen LogP contribution in [0, 0.1) is 0 Å². The van der Waals surface area contributed by atoms with Crippen molar-refractivity contribution in [3.63, 3.8) is 0 Å². The van der Waals surface area contributed by atoms with Crippen LogP contribution in [-0.4, -0.2) is 18.4 Å². The van der Waals surface area contributed by atoms with E-state index in [9.17, 15) is 9.59 Å². The number of halogens is 1. The van der Waals surface area contributed by atoms with Gasteiger partial charge in [0.2, 0.25) is 0 Å². The summed E-state index contributed by atoms with van der Waals surface area (Å²) < 4.78 is 5.02. The molecular weight excluding hydrogens is 350 g/mol. The summed E-state index contributed by atoms with van der Waals surface area (Å²) in [6.45, 7) is 5.87. The molecule has 5 heteroatoms. The molecular formula is C21H26ClNO3. The summed E-state index contributed by atoms with van der Waals surface area (Å²) in [4.78, 5) is 24.1. The molecule has 0 radical (unpaired) electrons. The van der Waals surface area contributed by atoms with E-state index in [1.165, 1.54) is 0 Å². The molecule has 4 nitrogen and oxygen atoms in total. The van der Waals surface area contributed by atoms with E-state index in [2.05, 4.69) is 0 Å². The van der Waals surface area contributed by atoms with E-state index in [1.807, 2.05) is 61.5 Å². The first-order valence-electron chi connectivity index (χ1n) is 8.05. The molecule has 140 valence electrons. The molecule has 0 heterocycles. The number of rotatable bonds is 6. The number of hydrogen-bond acceptors (Lipinski definition) is 4. The Morgan fingerprint density at radius 1 is 0.885 bits per heavy atom. The van der Waals surface area contributed by atoms with Crippen molar-refractivity contribution in [1.82, 2.24) is 6.15 Å². The van der Waals surface area contributed by atoms with Gasteiger partial charge in [0.05, 0.1) is 6.61 Å². The van der Waals surface area contributed by atoms with Gasteiger partial charge in [-0.2, -0.15) is 0 Å². The van der Waals surface area contributed by atoms with E-state index in [0.717, 1.165) is 11.1 Å². The third-order valence-corrected chi connectivity index (χ3v) is 3.94. The van der Waals surface area contributed by atoms with Gasteiger partial charge in [-0.1, -0.05) is 60.2 Å². The highest BCUT2D eigenvalue weighted by molar-refractivity contribution is 6.08. The second-order valence-corrected chi connectivity index (χ2v) is 5.69. The summed E-state index contributed by atoms with van der Waals surface area (Å²) in [5.41, 5.74) is 4.01. The van der Waals surface area contributed by atoms with Crippen LogP contribution in [0.15, 0.2) is 65.7 Å². The summed E-state index contributed by atoms with van der Waals surface area (Å²) in [7, 11) is 0. The molecule has 0 saturated heterocycles. The number of allylic oxidation sites excluding steroid dienone is 1. The van der Waals surface area contributed by atoms with E-state index in [4.69, 9.17) is 4.74 Å². The van der Waals surface area contributed by atoms with Crippen LogP contribution in [0.4, 0.5) is 0 Å². The minimum atomic E-state index is -0.272. The highest BCUT2D eigenvalue weighted by Crippen LogP contribution is 2.16. The van der Waals surface area contributed by atoms with E-state index >= 15 is 0 Å². The predicted octanol–water partition coefficient (Wildman–Crippen LogP) is 4.94. The van der Waals surface area contributed by atoms with Crippen LogP contribution in [0.25, 0.3) is 0 Å². The van der Waals surface area contributed by atoms with Gasteiger partial charge in [-0.05, 0) is 32.8 Å². The maximum atomic E-state index is 12.4. The molecule has 2 rings (SSSR count). The molecule has 0 unspecified atom stereocenters. The minimum absolute atomic E-state index is 0. The first kappa shape index (κ1) is 23.6. The lowest BCUT2D eigenvalue weighted by Crippen LogP contribution is -2.08. The average molecular weight is 376 g/mol. The summed E-state index contributed by atoms with van der Waals surface area (Å²) in [6.07, 6.45) is 0.657. The van der Waals surface area contributed by atoms with Crippen molar-refractivity contribution in [2.45, 2.75) is 27.2 Å². The molecule has 0 aliphatic rings. The van der Waals surface area contributed by atoms with Gasteiger partial charge < -0.3 is 10.9 Å². The number of carbonyl (C=O) groups excluding carboxylic acids is 2. The van der Waals surface area contributed by atoms with Crippen LogP contribution in [0.2, 0.25) is 0 Å². The molecule has 26 heavy (non-hydrogen) atoms. The van der Waals surface area contributed by atoms with Crippen LogP contribution >= 0.6 is 12.4 Å². The monoisotopic (exact) mass is 375 g/mol. The number of esters is 1. The molecule has 0 saturated carbocycles. The lowest BCUT2D eigenvalue weighted by Gasteiger charge is -2.08. The highest BCUT2D eigenvalue weighted by atomic mass is 35.5. The van der Waals surface area contributed by atoms with Gasteiger partial charge in [0.15, 0.2) is 5.78 Å². The number of hydrogen-bond donors (Lipinski definition) is 1. The largest absolute Gasteiger partial charge is 0.463 e. The van der Waals surface area contributed by atoms with Crippen LogP contribution in [0.3, 0.4) is 0 Å². The Bertz CT molecular complexity index is 753. The fraction of sp³-hybridized carbons (Fsp3) is 0.238. The van der Waals surface area contributed by atoms with Crippen LogP contribution in [0.1, 0.15) is 42.3 Å². The Hall–Kier alpha value is -2.43. The Morgan fingerprint density at radius 3 is 1.96 bits per heavy atom. The van der Waals surface area contributed by atoms with Crippen molar-refractivity contribution in [2.75, 3.05) is 6.61 Å². The van der Waals surface area contributed by atoms with E-state index in [0.29, 0.717) is 29.7 Å². The van der Waals surface area contributed by atoms with Gasteiger partial charge in [-0.15, -0.1) is 12.4 Å². The van der Waals surface area contributed by atoms with Crippen molar-refractivity contribution in [1.29, 1.82) is 0 Å². The summed E-state index contributed by atoms with van der Waals surface area (Å²) in [5.74, 6) is -0.261. The number of ketones is 1. The van der Waals surface area contributed by atoms with Crippen molar-refractivity contribution < 1.29 is 14.3 Å². The number of benzene rings is 2. The van der Waals surface area contributed by atoms with E-state index < -0.39 is 0 Å². The van der Waals surface area contributed by atoms with Gasteiger partial charge in [-0.3, -0.25) is 4.79 Å². The maximum Gasteiger partial charge on any atom is 0.333 e. The van der Waals surface area contributed by atoms with Gasteiger partial charge >= 0.3 is 5.97 Å². The third-order valence-electron chi connectivity index (χ3n) is 3.94. The van der Waals surface area contributed by atoms with Gasteiger partial charge in [0.1, 0.15) is 0 Å². The van der Waals surface area contributed by atoms with Crippen LogP contribution in [0.5, 0.6) is 0 Å². The van der Waals surface area contributed by atoms with Crippen LogP contribution in [-0.2, 0) is 16.0 Å². The fourth-order valence-corrected chi connectivity index (χ4v) is 2.38. The van der Waals surface area contributed by atoms with Gasteiger partial charge in [0.25, 0.3) is 0 Å². The number of carbonyl (C=O) groups is 2. The highest BCUT2D eigenvalue weighted by Gasteiger charge is 2.11. The fourth-order valence-electron chi connectivity index (χ4n) is 2.38. The van der Waals surface area contributed by atoms with Crippen molar-refractivity contribution in [3.8, 4) is 0 Å². The Balaban J connectivity index is 0.00000312. The average Bonchev–Trinajstić information content (AvgIpc) is 2.62. The lowest BCUT2D eigenvalue weighted by molar-refractivity contribution is -0.138. The maximum absolute atomic E-state index is 12.4. The second kappa shape index (κ2) is 11.2. The van der Waals surface area contributed by atoms with E-state index in [1.54, 1.807) is 13.8 Å². The van der Waals surface area contributed by atoms with E-state index in [-0.39, 0.29) is 30.3 Å². The normalized spacial score (nSPS) is 10.7. The third kappa shape index (κ3) is 6.14. The molecule has 0 fully saturated rings. The smallest absolute Gasteiger partial charge is 0.333 e. The second-order valence-electron chi connectivity index (χ2n) is 5.69. The molecule has 2 aromatic rings. The zero-order valence-electron chi connectivity index (χ0n) is 15.5. The van der Waals surface area contributed by atoms with Crippen molar-refractivity contribution in [3.05, 3.63) is 82.4 Å². The summed E-state index contributed by atoms with van der Waals surface area (Å²) >= 11 is 0. The Kier molecular flexibility index (Phi) is 10.2. The topological polar surface area (TPSA) is 78.4 Å². The van der Waals surface area contributed by atoms with Crippen molar-refractivity contribution >= 4 is 24.2 Å². The standard InChI is InChI=1S/C21H22O3.ClH.H3N/c1-4-24-21(23)16(3)15(2)14-17-10-12-19(13-11-17)20(22)18-8-6-5-7-9-18;;/h5-13H,4,14H2,1-3H3;1H;1H3. The Morgan fingerprint density at radius 2 is 1.42 bits per heavy atom. The summed E-state index contributed by atoms with van der Waals surface area (Å²) in [5, 5.41) is 0. The zero-order chi connectivity index (χ0) is 17.5. The molecule has 0 atom stereocenters. The molecule has 0 aliphatic heterocycles. The minimum Gasteiger partial charge on any atom is -0.463 e. The predicted molar refractivity (Wildman–Crippen MR) is 107 cm³/mol. The zero-order valence-corrected chi connectivity index (χ0v) is 16.3. The first-order valence-corrected chi connectivity index (χ1v) is 8.05. The van der Waals surface area contributed by atoms with Crippen LogP contribution < -0.4 is 6.15 Å². The van der Waals surface area contributed by atoms with Gasteiger partial charge in [0, 0.05) is 16.7 Å². The molecule has 0 bridgehead atoms. The lowest BCUT2D eigenvalue weighted by atomic mass is 9.98. The van der Waals surface area contributed by atoms with Crippen molar-refractivity contribution in [2.24, 2.45) is 0 Å². The number of ether oxygens (including phenoxy) is 1. The SMILES string of the molecule is CCOC(=O)C(C)=C(C)Cc1ccc(C(=O)c2ccccc2)cc1.Cl.N. The molecule has 0 aromatic heterocycles. The molecule has 0 spiro atoms. The quantitative estimate of drug-likeness (QED) is 0.440.